The van der Waals surface area contributed by atoms with Gasteiger partial charge in [-0.05, 0) is 48.4 Å². The summed E-state index contributed by atoms with van der Waals surface area (Å²) in [4.78, 5) is 9.02. The molecule has 5 nitrogen and oxygen atoms in total. The molecule has 0 fully saturated rings. The highest BCUT2D eigenvalue weighted by molar-refractivity contribution is 9.10. The van der Waals surface area contributed by atoms with Crippen molar-refractivity contribution in [1.29, 1.82) is 0 Å². The fourth-order valence-electron chi connectivity index (χ4n) is 2.13. The highest BCUT2D eigenvalue weighted by Crippen LogP contribution is 2.27. The van der Waals surface area contributed by atoms with Gasteiger partial charge in [-0.15, -0.1) is 12.3 Å². The third-order valence-electron chi connectivity index (χ3n) is 3.32. The van der Waals surface area contributed by atoms with Crippen molar-refractivity contribution >= 4 is 39.2 Å². The van der Waals surface area contributed by atoms with Crippen LogP contribution in [-0.2, 0) is 0 Å². The standard InChI is InChI=1S/C18H20BrN5/c1-4-6-8-10-21-11-14(9-7-5-2)15-12-22-24-17(20)16(19)13(3)23-18(15)24/h4-5,8-9,11-12H,2,7,10,20H2,1,3H3/b14-9+,21-11?. The van der Waals surface area contributed by atoms with Crippen molar-refractivity contribution in [2.75, 3.05) is 12.3 Å². The zero-order valence-corrected chi connectivity index (χ0v) is 15.4. The van der Waals surface area contributed by atoms with Crippen molar-refractivity contribution in [2.45, 2.75) is 20.3 Å². The van der Waals surface area contributed by atoms with E-state index in [9.17, 15) is 0 Å². The van der Waals surface area contributed by atoms with E-state index in [0.29, 0.717) is 18.0 Å². The number of aliphatic imine (C=N–C) groups is 1. The molecule has 0 aliphatic carbocycles. The molecule has 0 saturated heterocycles. The molecule has 2 aromatic rings. The number of nitrogens with two attached hydrogens (primary N) is 1. The minimum Gasteiger partial charge on any atom is -0.383 e. The van der Waals surface area contributed by atoms with E-state index in [0.717, 1.165) is 27.7 Å². The molecule has 6 heteroatoms. The number of hydrogen-bond acceptors (Lipinski definition) is 4. The van der Waals surface area contributed by atoms with Gasteiger partial charge in [-0.25, -0.2) is 4.98 Å². The summed E-state index contributed by atoms with van der Waals surface area (Å²) in [5, 5.41) is 4.35. The Morgan fingerprint density at radius 2 is 2.33 bits per heavy atom. The molecule has 0 unspecified atom stereocenters. The average Bonchev–Trinajstić information content (AvgIpc) is 2.99. The van der Waals surface area contributed by atoms with Crippen LogP contribution in [0.2, 0.25) is 0 Å². The van der Waals surface area contributed by atoms with Gasteiger partial charge in [0.05, 0.1) is 22.9 Å². The Bertz CT molecular complexity index is 867. The fourth-order valence-corrected chi connectivity index (χ4v) is 2.39. The molecule has 0 aliphatic heterocycles. The lowest BCUT2D eigenvalue weighted by atomic mass is 10.1. The third kappa shape index (κ3) is 3.91. The predicted molar refractivity (Wildman–Crippen MR) is 104 cm³/mol. The number of rotatable bonds is 6. The molecule has 0 spiro atoms. The molecule has 0 saturated carbocycles. The van der Waals surface area contributed by atoms with Gasteiger partial charge < -0.3 is 5.73 Å². The number of aromatic nitrogens is 3. The van der Waals surface area contributed by atoms with Crippen molar-refractivity contribution in [2.24, 2.45) is 4.99 Å². The van der Waals surface area contributed by atoms with E-state index in [1.807, 2.05) is 44.4 Å². The molecule has 0 radical (unpaired) electrons. The zero-order chi connectivity index (χ0) is 17.5. The monoisotopic (exact) mass is 385 g/mol. The summed E-state index contributed by atoms with van der Waals surface area (Å²) in [6, 6.07) is 0. The second-order valence-corrected chi connectivity index (χ2v) is 5.82. The Kier molecular flexibility index (Phi) is 6.29. The summed E-state index contributed by atoms with van der Waals surface area (Å²) in [5.41, 5.74) is 12.5. The summed E-state index contributed by atoms with van der Waals surface area (Å²) < 4.78 is 2.38. The summed E-state index contributed by atoms with van der Waals surface area (Å²) in [6.45, 7) is 8.15. The van der Waals surface area contributed by atoms with Crippen LogP contribution in [0.25, 0.3) is 11.2 Å². The second-order valence-electron chi connectivity index (χ2n) is 5.03. The summed E-state index contributed by atoms with van der Waals surface area (Å²) >= 11 is 3.44. The van der Waals surface area contributed by atoms with Crippen LogP contribution in [0.4, 0.5) is 5.82 Å². The number of aryl methyl sites for hydroxylation is 1. The Labute approximate surface area is 150 Å². The van der Waals surface area contributed by atoms with E-state index in [1.165, 1.54) is 0 Å². The molecule has 2 aromatic heterocycles. The lowest BCUT2D eigenvalue weighted by molar-refractivity contribution is 0.935. The van der Waals surface area contributed by atoms with Gasteiger partial charge in [-0.2, -0.15) is 9.61 Å². The Hall–Kier alpha value is -2.43. The van der Waals surface area contributed by atoms with Gasteiger partial charge >= 0.3 is 0 Å². The first kappa shape index (κ1) is 17.9. The van der Waals surface area contributed by atoms with E-state index >= 15 is 0 Å². The maximum atomic E-state index is 6.12. The summed E-state index contributed by atoms with van der Waals surface area (Å²) in [7, 11) is 0. The van der Waals surface area contributed by atoms with Crippen molar-refractivity contribution in [1.82, 2.24) is 14.6 Å². The smallest absolute Gasteiger partial charge is 0.165 e. The topological polar surface area (TPSA) is 68.6 Å². The zero-order valence-electron chi connectivity index (χ0n) is 13.8. The van der Waals surface area contributed by atoms with Gasteiger partial charge in [0, 0.05) is 17.4 Å². The van der Waals surface area contributed by atoms with E-state index in [-0.39, 0.29) is 0 Å². The van der Waals surface area contributed by atoms with Crippen LogP contribution in [0.5, 0.6) is 0 Å². The number of nitrogen functional groups attached to an aromatic ring is 1. The number of anilines is 1. The fraction of sp³-hybridized carbons (Fsp3) is 0.222. The highest BCUT2D eigenvalue weighted by atomic mass is 79.9. The van der Waals surface area contributed by atoms with Gasteiger partial charge in [-0.1, -0.05) is 12.2 Å². The van der Waals surface area contributed by atoms with Gasteiger partial charge in [-0.3, -0.25) is 4.99 Å². The number of halogens is 1. The van der Waals surface area contributed by atoms with Crippen molar-refractivity contribution in [3.8, 4) is 0 Å². The first-order valence-corrected chi connectivity index (χ1v) is 8.35. The lowest BCUT2D eigenvalue weighted by Gasteiger charge is -2.06. The molecule has 2 rings (SSSR count). The molecule has 2 heterocycles. The van der Waals surface area contributed by atoms with Crippen molar-refractivity contribution in [3.05, 3.63) is 58.5 Å². The number of fused-ring (bicyclic) bond motifs is 1. The second kappa shape index (κ2) is 8.43. The Morgan fingerprint density at radius 3 is 3.04 bits per heavy atom. The molecule has 0 atom stereocenters. The van der Waals surface area contributed by atoms with Gasteiger partial charge in [0.15, 0.2) is 5.65 Å². The molecule has 24 heavy (non-hydrogen) atoms. The van der Waals surface area contributed by atoms with E-state index < -0.39 is 0 Å². The lowest BCUT2D eigenvalue weighted by Crippen LogP contribution is -2.04. The van der Waals surface area contributed by atoms with Gasteiger partial charge in [0.25, 0.3) is 0 Å². The van der Waals surface area contributed by atoms with E-state index in [2.05, 4.69) is 43.3 Å². The third-order valence-corrected chi connectivity index (χ3v) is 4.30. The molecule has 2 N–H and O–H groups in total. The van der Waals surface area contributed by atoms with Crippen LogP contribution in [0.3, 0.4) is 0 Å². The molecule has 0 bridgehead atoms. The van der Waals surface area contributed by atoms with E-state index in [1.54, 1.807) is 10.7 Å². The first-order chi connectivity index (χ1) is 11.6. The molecular formula is C18H20BrN5. The average molecular weight is 386 g/mol. The molecular weight excluding hydrogens is 366 g/mol. The minimum atomic E-state index is 0.528. The van der Waals surface area contributed by atoms with Crippen LogP contribution < -0.4 is 5.73 Å². The molecule has 0 aliphatic rings. The van der Waals surface area contributed by atoms with Crippen LogP contribution in [0, 0.1) is 6.92 Å². The maximum absolute atomic E-state index is 6.12. The largest absolute Gasteiger partial charge is 0.383 e. The first-order valence-electron chi connectivity index (χ1n) is 7.56. The number of allylic oxidation sites excluding steroid dienone is 3. The summed E-state index contributed by atoms with van der Waals surface area (Å²) in [5.74, 6) is 0.528. The minimum absolute atomic E-state index is 0.528. The SMILES string of the molecule is C=CC/C=C(\C=NCC=C=CC)c1cnn2c(N)c(Br)c(C)nc12. The Balaban J connectivity index is 2.49. The van der Waals surface area contributed by atoms with Crippen LogP contribution >= 0.6 is 15.9 Å². The summed E-state index contributed by atoms with van der Waals surface area (Å²) in [6.07, 6.45) is 11.9. The van der Waals surface area contributed by atoms with Crippen molar-refractivity contribution < 1.29 is 0 Å². The van der Waals surface area contributed by atoms with Crippen molar-refractivity contribution in [3.63, 3.8) is 0 Å². The Morgan fingerprint density at radius 1 is 1.54 bits per heavy atom. The van der Waals surface area contributed by atoms with Gasteiger partial charge in [0.2, 0.25) is 0 Å². The normalized spacial score (nSPS) is 11.7. The maximum Gasteiger partial charge on any atom is 0.165 e. The molecule has 124 valence electrons. The van der Waals surface area contributed by atoms with Crippen LogP contribution in [0.15, 0.2) is 52.3 Å². The molecule has 0 amide bonds. The number of nitrogens with zero attached hydrogens (tertiary/aromatic N) is 4. The number of hydrogen-bond donors (Lipinski definition) is 1. The van der Waals surface area contributed by atoms with Crippen LogP contribution in [0.1, 0.15) is 24.6 Å². The highest BCUT2D eigenvalue weighted by Gasteiger charge is 2.14. The quantitative estimate of drug-likeness (QED) is 0.461. The van der Waals surface area contributed by atoms with Crippen LogP contribution in [-0.4, -0.2) is 27.4 Å². The predicted octanol–water partition coefficient (Wildman–Crippen LogP) is 4.14. The van der Waals surface area contributed by atoms with Gasteiger partial charge in [0.1, 0.15) is 5.82 Å². The van der Waals surface area contributed by atoms with E-state index in [4.69, 9.17) is 5.73 Å². The molecule has 0 aromatic carbocycles.